The largest absolute Gasteiger partial charge is 0.495 e. The summed E-state index contributed by atoms with van der Waals surface area (Å²) in [7, 11) is -2.53. The van der Waals surface area contributed by atoms with Gasteiger partial charge in [-0.3, -0.25) is 9.71 Å². The molecule has 2 aromatic carbocycles. The SMILES string of the molecule is COc1ccc(-c2onc(C)c2C)cc1S(=O)(=O)Nc1cc(C)nc2ccccc12. The van der Waals surface area contributed by atoms with Gasteiger partial charge in [0, 0.05) is 22.2 Å². The van der Waals surface area contributed by atoms with Crippen LogP contribution in [0.25, 0.3) is 22.2 Å². The van der Waals surface area contributed by atoms with E-state index in [0.29, 0.717) is 33.6 Å². The van der Waals surface area contributed by atoms with Crippen LogP contribution < -0.4 is 9.46 Å². The van der Waals surface area contributed by atoms with E-state index >= 15 is 0 Å². The average molecular weight is 423 g/mol. The Morgan fingerprint density at radius 3 is 2.50 bits per heavy atom. The van der Waals surface area contributed by atoms with E-state index in [1.165, 1.54) is 13.2 Å². The Labute approximate surface area is 174 Å². The molecule has 2 aromatic heterocycles. The van der Waals surface area contributed by atoms with Crippen molar-refractivity contribution in [3.05, 3.63) is 65.5 Å². The molecule has 0 unspecified atom stereocenters. The number of benzene rings is 2. The van der Waals surface area contributed by atoms with Crippen molar-refractivity contribution in [1.82, 2.24) is 10.1 Å². The third kappa shape index (κ3) is 3.50. The van der Waals surface area contributed by atoms with Crippen LogP contribution in [-0.2, 0) is 10.0 Å². The topological polar surface area (TPSA) is 94.3 Å². The number of sulfonamides is 1. The predicted molar refractivity (Wildman–Crippen MR) is 115 cm³/mol. The first kappa shape index (κ1) is 19.9. The summed E-state index contributed by atoms with van der Waals surface area (Å²) in [5.41, 5.74) is 4.08. The molecule has 0 saturated carbocycles. The molecule has 0 amide bonds. The molecule has 0 atom stereocenters. The summed E-state index contributed by atoms with van der Waals surface area (Å²) in [5.74, 6) is 0.757. The van der Waals surface area contributed by atoms with Gasteiger partial charge < -0.3 is 9.26 Å². The lowest BCUT2D eigenvalue weighted by atomic mass is 10.1. The Kier molecular flexibility index (Phi) is 4.95. The zero-order chi connectivity index (χ0) is 21.5. The summed E-state index contributed by atoms with van der Waals surface area (Å²) < 4.78 is 40.1. The van der Waals surface area contributed by atoms with E-state index in [1.807, 2.05) is 45.0 Å². The van der Waals surface area contributed by atoms with Gasteiger partial charge in [0.15, 0.2) is 5.76 Å². The summed E-state index contributed by atoms with van der Waals surface area (Å²) in [6.07, 6.45) is 0. The van der Waals surface area contributed by atoms with E-state index < -0.39 is 10.0 Å². The molecule has 0 radical (unpaired) electrons. The van der Waals surface area contributed by atoms with Gasteiger partial charge in [-0.15, -0.1) is 0 Å². The number of nitrogens with one attached hydrogen (secondary N) is 1. The van der Waals surface area contributed by atoms with Crippen LogP contribution in [0.3, 0.4) is 0 Å². The maximum atomic E-state index is 13.4. The molecule has 7 nitrogen and oxygen atoms in total. The van der Waals surface area contributed by atoms with Crippen LogP contribution in [0.5, 0.6) is 5.75 Å². The molecule has 8 heteroatoms. The minimum Gasteiger partial charge on any atom is -0.495 e. The van der Waals surface area contributed by atoms with Crippen LogP contribution in [-0.4, -0.2) is 25.7 Å². The van der Waals surface area contributed by atoms with Crippen LogP contribution in [0.2, 0.25) is 0 Å². The molecule has 4 rings (SSSR count). The van der Waals surface area contributed by atoms with E-state index in [9.17, 15) is 8.42 Å². The Morgan fingerprint density at radius 1 is 1.03 bits per heavy atom. The van der Waals surface area contributed by atoms with E-state index in [1.54, 1.807) is 18.2 Å². The van der Waals surface area contributed by atoms with E-state index in [0.717, 1.165) is 11.3 Å². The monoisotopic (exact) mass is 423 g/mol. The first-order valence-corrected chi connectivity index (χ1v) is 10.8. The summed E-state index contributed by atoms with van der Waals surface area (Å²) >= 11 is 0. The molecule has 0 aliphatic rings. The maximum Gasteiger partial charge on any atom is 0.265 e. The standard InChI is InChI=1S/C22H21N3O4S/c1-13-11-19(17-7-5-6-8-18(17)23-13)25-30(26,27)21-12-16(9-10-20(21)28-4)22-14(2)15(3)24-29-22/h5-12H,1-4H3,(H,23,25). The fourth-order valence-corrected chi connectivity index (χ4v) is 4.57. The van der Waals surface area contributed by atoms with Gasteiger partial charge in [-0.1, -0.05) is 23.4 Å². The van der Waals surface area contributed by atoms with Crippen molar-refractivity contribution in [3.8, 4) is 17.1 Å². The predicted octanol–water partition coefficient (Wildman–Crippen LogP) is 4.62. The fraction of sp³-hybridized carbons (Fsp3) is 0.182. The van der Waals surface area contributed by atoms with Crippen LogP contribution in [0.1, 0.15) is 17.0 Å². The minimum absolute atomic E-state index is 0.00880. The number of aryl methyl sites for hydroxylation is 2. The Balaban J connectivity index is 1.83. The Hall–Kier alpha value is -3.39. The van der Waals surface area contributed by atoms with Crippen molar-refractivity contribution < 1.29 is 17.7 Å². The number of anilines is 1. The highest BCUT2D eigenvalue weighted by Crippen LogP contribution is 2.34. The number of methoxy groups -OCH3 is 1. The molecule has 0 bridgehead atoms. The zero-order valence-electron chi connectivity index (χ0n) is 17.1. The first-order valence-electron chi connectivity index (χ1n) is 9.30. The Bertz CT molecular complexity index is 1360. The molecule has 0 spiro atoms. The van der Waals surface area contributed by atoms with Crippen LogP contribution in [0, 0.1) is 20.8 Å². The van der Waals surface area contributed by atoms with E-state index in [2.05, 4.69) is 14.9 Å². The second-order valence-corrected chi connectivity index (χ2v) is 8.67. The highest BCUT2D eigenvalue weighted by atomic mass is 32.2. The van der Waals surface area contributed by atoms with Gasteiger partial charge in [0.25, 0.3) is 10.0 Å². The van der Waals surface area contributed by atoms with Crippen molar-refractivity contribution in [2.75, 3.05) is 11.8 Å². The van der Waals surface area contributed by atoms with Gasteiger partial charge in [0.1, 0.15) is 10.6 Å². The van der Waals surface area contributed by atoms with Crippen molar-refractivity contribution in [2.45, 2.75) is 25.7 Å². The first-order chi connectivity index (χ1) is 14.3. The molecule has 4 aromatic rings. The van der Waals surface area contributed by atoms with Gasteiger partial charge in [-0.05, 0) is 51.1 Å². The van der Waals surface area contributed by atoms with Crippen molar-refractivity contribution in [2.24, 2.45) is 0 Å². The number of nitrogens with zero attached hydrogens (tertiary/aromatic N) is 2. The molecular weight excluding hydrogens is 402 g/mol. The number of para-hydroxylation sites is 1. The lowest BCUT2D eigenvalue weighted by Gasteiger charge is -2.14. The highest BCUT2D eigenvalue weighted by Gasteiger charge is 2.23. The molecule has 2 heterocycles. The normalized spacial score (nSPS) is 11.6. The summed E-state index contributed by atoms with van der Waals surface area (Å²) in [6, 6.07) is 14.0. The number of pyridine rings is 1. The van der Waals surface area contributed by atoms with Gasteiger partial charge in [-0.25, -0.2) is 8.42 Å². The van der Waals surface area contributed by atoms with Crippen molar-refractivity contribution in [1.29, 1.82) is 0 Å². The molecule has 30 heavy (non-hydrogen) atoms. The lowest BCUT2D eigenvalue weighted by molar-refractivity contribution is 0.402. The lowest BCUT2D eigenvalue weighted by Crippen LogP contribution is -2.15. The van der Waals surface area contributed by atoms with E-state index in [-0.39, 0.29) is 10.6 Å². The molecule has 1 N–H and O–H groups in total. The van der Waals surface area contributed by atoms with Gasteiger partial charge in [0.05, 0.1) is 24.0 Å². The van der Waals surface area contributed by atoms with Crippen molar-refractivity contribution in [3.63, 3.8) is 0 Å². The van der Waals surface area contributed by atoms with Crippen LogP contribution in [0.15, 0.2) is 57.9 Å². The van der Waals surface area contributed by atoms with Gasteiger partial charge >= 0.3 is 0 Å². The molecule has 0 saturated heterocycles. The van der Waals surface area contributed by atoms with E-state index in [4.69, 9.17) is 9.26 Å². The van der Waals surface area contributed by atoms with Gasteiger partial charge in [0.2, 0.25) is 0 Å². The number of ether oxygens (including phenoxy) is 1. The average Bonchev–Trinajstić information content (AvgIpc) is 3.05. The number of hydrogen-bond acceptors (Lipinski definition) is 6. The van der Waals surface area contributed by atoms with Crippen molar-refractivity contribution >= 4 is 26.6 Å². The number of hydrogen-bond donors (Lipinski definition) is 1. The van der Waals surface area contributed by atoms with Crippen LogP contribution in [0.4, 0.5) is 5.69 Å². The fourth-order valence-electron chi connectivity index (χ4n) is 3.30. The van der Waals surface area contributed by atoms with Gasteiger partial charge in [-0.2, -0.15) is 0 Å². The molecule has 154 valence electrons. The number of rotatable bonds is 5. The maximum absolute atomic E-state index is 13.4. The number of fused-ring (bicyclic) bond motifs is 1. The summed E-state index contributed by atoms with van der Waals surface area (Å²) in [5, 5.41) is 4.67. The second kappa shape index (κ2) is 7.46. The molecular formula is C22H21N3O4S. The molecule has 0 aliphatic carbocycles. The molecule has 0 fully saturated rings. The number of aromatic nitrogens is 2. The highest BCUT2D eigenvalue weighted by molar-refractivity contribution is 7.92. The summed E-state index contributed by atoms with van der Waals surface area (Å²) in [6.45, 7) is 5.53. The summed E-state index contributed by atoms with van der Waals surface area (Å²) in [4.78, 5) is 4.47. The second-order valence-electron chi connectivity index (χ2n) is 7.02. The molecule has 0 aliphatic heterocycles. The zero-order valence-corrected chi connectivity index (χ0v) is 17.9. The third-order valence-electron chi connectivity index (χ3n) is 4.96. The third-order valence-corrected chi connectivity index (χ3v) is 6.35. The minimum atomic E-state index is -3.97. The smallest absolute Gasteiger partial charge is 0.265 e. The Morgan fingerprint density at radius 2 is 1.80 bits per heavy atom. The van der Waals surface area contributed by atoms with Crippen LogP contribution >= 0.6 is 0 Å². The quantitative estimate of drug-likeness (QED) is 0.503.